The first-order valence-corrected chi connectivity index (χ1v) is 10.4. The van der Waals surface area contributed by atoms with E-state index in [-0.39, 0.29) is 17.6 Å². The first-order valence-electron chi connectivity index (χ1n) is 10.4. The number of piperidine rings is 1. The van der Waals surface area contributed by atoms with E-state index < -0.39 is 17.8 Å². The maximum atomic E-state index is 13.2. The molecule has 1 atom stereocenters. The molecule has 0 N–H and O–H groups in total. The van der Waals surface area contributed by atoms with Gasteiger partial charge in [0, 0.05) is 38.4 Å². The average molecular weight is 435 g/mol. The van der Waals surface area contributed by atoms with Gasteiger partial charge in [-0.25, -0.2) is 0 Å². The molecule has 0 bridgehead atoms. The maximum Gasteiger partial charge on any atom is 0.416 e. The zero-order valence-electron chi connectivity index (χ0n) is 17.0. The summed E-state index contributed by atoms with van der Waals surface area (Å²) in [5, 5.41) is 0. The number of likely N-dealkylation sites (tertiary alicyclic amines) is 1. The van der Waals surface area contributed by atoms with Crippen molar-refractivity contribution in [3.8, 4) is 0 Å². The zero-order valence-corrected chi connectivity index (χ0v) is 17.0. The van der Waals surface area contributed by atoms with Gasteiger partial charge in [-0.15, -0.1) is 0 Å². The SMILES string of the molecule is O=C(C1CCCCN1C(=O)c1ccco1)N1CCN(c2cccc(C(F)(F)F)c2)CC1. The second-order valence-electron chi connectivity index (χ2n) is 7.85. The number of rotatable bonds is 3. The van der Waals surface area contributed by atoms with Crippen molar-refractivity contribution in [2.75, 3.05) is 37.6 Å². The summed E-state index contributed by atoms with van der Waals surface area (Å²) in [6.45, 7) is 2.17. The molecule has 2 amide bonds. The van der Waals surface area contributed by atoms with Crippen LogP contribution in [-0.4, -0.2) is 60.4 Å². The van der Waals surface area contributed by atoms with Gasteiger partial charge in [-0.3, -0.25) is 9.59 Å². The molecule has 2 aliphatic rings. The van der Waals surface area contributed by atoms with Gasteiger partial charge >= 0.3 is 6.18 Å². The van der Waals surface area contributed by atoms with E-state index in [2.05, 4.69) is 0 Å². The molecule has 31 heavy (non-hydrogen) atoms. The summed E-state index contributed by atoms with van der Waals surface area (Å²) in [7, 11) is 0. The lowest BCUT2D eigenvalue weighted by atomic mass is 10.00. The lowest BCUT2D eigenvalue weighted by molar-refractivity contribution is -0.138. The summed E-state index contributed by atoms with van der Waals surface area (Å²) in [4.78, 5) is 31.1. The van der Waals surface area contributed by atoms with Gasteiger partial charge in [-0.05, 0) is 49.6 Å². The third kappa shape index (κ3) is 4.55. The maximum absolute atomic E-state index is 13.2. The molecule has 0 aliphatic carbocycles. The highest BCUT2D eigenvalue weighted by Crippen LogP contribution is 2.32. The van der Waals surface area contributed by atoms with Crippen LogP contribution in [0.5, 0.6) is 0 Å². The van der Waals surface area contributed by atoms with E-state index in [1.165, 1.54) is 12.3 Å². The number of halogens is 3. The predicted octanol–water partition coefficient (Wildman–Crippen LogP) is 3.64. The van der Waals surface area contributed by atoms with Crippen molar-refractivity contribution in [3.05, 3.63) is 54.0 Å². The Morgan fingerprint density at radius 1 is 0.968 bits per heavy atom. The van der Waals surface area contributed by atoms with E-state index in [1.54, 1.807) is 28.0 Å². The molecule has 0 spiro atoms. The number of hydrogen-bond acceptors (Lipinski definition) is 4. The normalized spacial score (nSPS) is 20.1. The van der Waals surface area contributed by atoms with Crippen LogP contribution >= 0.6 is 0 Å². The number of hydrogen-bond donors (Lipinski definition) is 0. The molecule has 6 nitrogen and oxygen atoms in total. The van der Waals surface area contributed by atoms with E-state index in [0.29, 0.717) is 44.8 Å². The largest absolute Gasteiger partial charge is 0.459 e. The summed E-state index contributed by atoms with van der Waals surface area (Å²) in [5.41, 5.74) is -0.188. The average Bonchev–Trinajstić information content (AvgIpc) is 3.33. The van der Waals surface area contributed by atoms with Crippen LogP contribution in [0.25, 0.3) is 0 Å². The number of amides is 2. The molecule has 166 valence electrons. The van der Waals surface area contributed by atoms with Crippen molar-refractivity contribution in [3.63, 3.8) is 0 Å². The number of furan rings is 1. The van der Waals surface area contributed by atoms with E-state index >= 15 is 0 Å². The van der Waals surface area contributed by atoms with Gasteiger partial charge in [0.1, 0.15) is 6.04 Å². The van der Waals surface area contributed by atoms with Crippen LogP contribution < -0.4 is 4.90 Å². The van der Waals surface area contributed by atoms with Crippen LogP contribution in [0.1, 0.15) is 35.4 Å². The van der Waals surface area contributed by atoms with E-state index in [9.17, 15) is 22.8 Å². The van der Waals surface area contributed by atoms with Crippen molar-refractivity contribution in [1.82, 2.24) is 9.80 Å². The molecule has 1 aromatic heterocycles. The lowest BCUT2D eigenvalue weighted by Gasteiger charge is -2.41. The van der Waals surface area contributed by atoms with Crippen molar-refractivity contribution >= 4 is 17.5 Å². The smallest absolute Gasteiger partial charge is 0.416 e. The minimum atomic E-state index is -4.39. The van der Waals surface area contributed by atoms with Crippen LogP contribution in [0, 0.1) is 0 Å². The van der Waals surface area contributed by atoms with Crippen molar-refractivity contribution < 1.29 is 27.2 Å². The highest BCUT2D eigenvalue weighted by molar-refractivity contribution is 5.95. The summed E-state index contributed by atoms with van der Waals surface area (Å²) in [6, 6.07) is 7.94. The monoisotopic (exact) mass is 435 g/mol. The molecular weight excluding hydrogens is 411 g/mol. The third-order valence-corrected chi connectivity index (χ3v) is 5.91. The molecule has 0 radical (unpaired) electrons. The van der Waals surface area contributed by atoms with Gasteiger partial charge in [-0.2, -0.15) is 13.2 Å². The molecule has 4 rings (SSSR count). The number of alkyl halides is 3. The minimum Gasteiger partial charge on any atom is -0.459 e. The standard InChI is InChI=1S/C22H24F3N3O3/c23-22(24,25)16-5-3-6-17(15-16)26-10-12-27(13-11-26)20(29)18-7-1-2-9-28(18)21(30)19-8-4-14-31-19/h3-6,8,14-15,18H,1-2,7,9-13H2. The van der Waals surface area contributed by atoms with Crippen LogP contribution in [0.4, 0.5) is 18.9 Å². The zero-order chi connectivity index (χ0) is 22.0. The molecule has 1 aromatic carbocycles. The number of benzene rings is 1. The Balaban J connectivity index is 1.41. The summed E-state index contributed by atoms with van der Waals surface area (Å²) in [6.07, 6.45) is -0.666. The third-order valence-electron chi connectivity index (χ3n) is 5.91. The number of carbonyl (C=O) groups is 2. The molecule has 2 aromatic rings. The fourth-order valence-electron chi connectivity index (χ4n) is 4.25. The molecule has 2 saturated heterocycles. The Labute approximate surface area is 178 Å². The Morgan fingerprint density at radius 2 is 1.74 bits per heavy atom. The Kier molecular flexibility index (Phi) is 5.93. The van der Waals surface area contributed by atoms with Gasteiger partial charge in [-0.1, -0.05) is 6.07 Å². The summed E-state index contributed by atoms with van der Waals surface area (Å²) >= 11 is 0. The number of carbonyl (C=O) groups excluding carboxylic acids is 2. The number of anilines is 1. The second kappa shape index (κ2) is 8.64. The topological polar surface area (TPSA) is 57.0 Å². The van der Waals surface area contributed by atoms with Gasteiger partial charge in [0.15, 0.2) is 5.76 Å². The second-order valence-corrected chi connectivity index (χ2v) is 7.85. The van der Waals surface area contributed by atoms with Crippen molar-refractivity contribution in [2.24, 2.45) is 0 Å². The van der Waals surface area contributed by atoms with Gasteiger partial charge in [0.05, 0.1) is 11.8 Å². The van der Waals surface area contributed by atoms with Gasteiger partial charge < -0.3 is 19.1 Å². The van der Waals surface area contributed by atoms with E-state index in [0.717, 1.165) is 25.0 Å². The molecular formula is C22H24F3N3O3. The molecule has 2 aliphatic heterocycles. The fraction of sp³-hybridized carbons (Fsp3) is 0.455. The van der Waals surface area contributed by atoms with Gasteiger partial charge in [0.2, 0.25) is 5.91 Å². The summed E-state index contributed by atoms with van der Waals surface area (Å²) in [5.74, 6) is -0.178. The number of nitrogens with zero attached hydrogens (tertiary/aromatic N) is 3. The van der Waals surface area contributed by atoms with Gasteiger partial charge in [0.25, 0.3) is 5.91 Å². The Hall–Kier alpha value is -2.97. The minimum absolute atomic E-state index is 0.108. The van der Waals surface area contributed by atoms with Crippen LogP contribution in [-0.2, 0) is 11.0 Å². The Morgan fingerprint density at radius 3 is 2.42 bits per heavy atom. The molecule has 2 fully saturated rings. The first kappa shape index (κ1) is 21.3. The lowest BCUT2D eigenvalue weighted by Crippen LogP contribution is -2.57. The molecule has 9 heteroatoms. The number of piperazine rings is 1. The van der Waals surface area contributed by atoms with E-state index in [1.807, 2.05) is 4.90 Å². The van der Waals surface area contributed by atoms with Crippen molar-refractivity contribution in [2.45, 2.75) is 31.5 Å². The molecule has 1 unspecified atom stereocenters. The predicted molar refractivity (Wildman–Crippen MR) is 108 cm³/mol. The quantitative estimate of drug-likeness (QED) is 0.739. The van der Waals surface area contributed by atoms with Crippen LogP contribution in [0.2, 0.25) is 0 Å². The molecule has 3 heterocycles. The Bertz CT molecular complexity index is 922. The molecule has 0 saturated carbocycles. The van der Waals surface area contributed by atoms with Crippen LogP contribution in [0.15, 0.2) is 47.1 Å². The fourth-order valence-corrected chi connectivity index (χ4v) is 4.25. The van der Waals surface area contributed by atoms with Crippen LogP contribution in [0.3, 0.4) is 0 Å². The van der Waals surface area contributed by atoms with E-state index in [4.69, 9.17) is 4.42 Å². The highest BCUT2D eigenvalue weighted by atomic mass is 19.4. The highest BCUT2D eigenvalue weighted by Gasteiger charge is 2.37. The van der Waals surface area contributed by atoms with Crippen molar-refractivity contribution in [1.29, 1.82) is 0 Å². The summed E-state index contributed by atoms with van der Waals surface area (Å²) < 4.78 is 44.2. The first-order chi connectivity index (χ1) is 14.8.